The van der Waals surface area contributed by atoms with E-state index in [1.54, 1.807) is 0 Å². The van der Waals surface area contributed by atoms with Crippen LogP contribution in [0.15, 0.2) is 86.0 Å². The molecule has 6 fully saturated rings. The molecule has 12 atom stereocenters. The van der Waals surface area contributed by atoms with Gasteiger partial charge >= 0.3 is 18.2 Å². The molecule has 2 aromatic rings. The number of hydrogen-bond donors (Lipinski definition) is 0. The number of carbonyl (C=O) groups excluding carboxylic acids is 3. The Morgan fingerprint density at radius 3 is 1.48 bits per heavy atom. The minimum Gasteiger partial charge on any atom is -0.440 e. The fourth-order valence-corrected chi connectivity index (χ4v) is 7.21. The molecule has 0 aromatic heterocycles. The van der Waals surface area contributed by atoms with Gasteiger partial charge < -0.3 is 47.4 Å². The first-order chi connectivity index (χ1) is 24.5. The largest absolute Gasteiger partial charge is 0.440 e. The zero-order chi connectivity index (χ0) is 34.4. The molecule has 6 aliphatic rings. The summed E-state index contributed by atoms with van der Waals surface area (Å²) in [4.78, 5) is 43.6. The first-order valence-corrected chi connectivity index (χ1v) is 16.4. The summed E-state index contributed by atoms with van der Waals surface area (Å²) in [6.07, 6.45) is -8.06. The van der Waals surface area contributed by atoms with Gasteiger partial charge in [-0.05, 0) is 0 Å². The normalized spacial score (nSPS) is 37.4. The van der Waals surface area contributed by atoms with Crippen molar-refractivity contribution < 1.29 is 61.8 Å². The first-order valence-electron chi connectivity index (χ1n) is 16.4. The standard InChI is InChI=1S/C35H36N2O13/c1-3-15-41-31-23-27(25-21(45-31)17-43-29(47-25)19-11-7-5-8-12-19)49-34(39)36(23)33(38)37-24-28(50-35(37)40)26-22(46-32(24)42-16-4-2)18-44-30(48-26)20-13-9-6-10-14-20/h3-14,21-32H,1-2,15-18H2/t21-,22-,23-,24-,25-,26-,27-,28-,29-,30-,31+,32+/m1/s1. The van der Waals surface area contributed by atoms with Gasteiger partial charge in [0, 0.05) is 11.1 Å². The molecule has 0 N–H and O–H groups in total. The van der Waals surface area contributed by atoms with Crippen molar-refractivity contribution in [2.75, 3.05) is 26.4 Å². The Morgan fingerprint density at radius 2 is 1.08 bits per heavy atom. The molecule has 0 saturated carbocycles. The van der Waals surface area contributed by atoms with Crippen LogP contribution in [0.3, 0.4) is 0 Å². The van der Waals surface area contributed by atoms with Crippen molar-refractivity contribution in [3.8, 4) is 0 Å². The summed E-state index contributed by atoms with van der Waals surface area (Å²) in [6.45, 7) is 7.66. The van der Waals surface area contributed by atoms with Gasteiger partial charge in [-0.15, -0.1) is 13.2 Å². The van der Waals surface area contributed by atoms with Crippen molar-refractivity contribution in [1.82, 2.24) is 9.80 Å². The third-order valence-electron chi connectivity index (χ3n) is 9.39. The molecule has 15 nitrogen and oxygen atoms in total. The zero-order valence-corrected chi connectivity index (χ0v) is 26.8. The molecule has 15 heteroatoms. The van der Waals surface area contributed by atoms with E-state index in [-0.39, 0.29) is 26.4 Å². The van der Waals surface area contributed by atoms with Gasteiger partial charge in [0.1, 0.15) is 36.5 Å². The molecule has 6 saturated heterocycles. The van der Waals surface area contributed by atoms with Crippen LogP contribution in [0.1, 0.15) is 23.7 Å². The van der Waals surface area contributed by atoms with Crippen LogP contribution in [0, 0.1) is 0 Å². The Hall–Kier alpha value is -4.19. The van der Waals surface area contributed by atoms with E-state index in [1.807, 2.05) is 60.7 Å². The molecular formula is C35H36N2O13. The van der Waals surface area contributed by atoms with E-state index in [0.29, 0.717) is 0 Å². The van der Waals surface area contributed by atoms with E-state index in [9.17, 15) is 14.4 Å². The summed E-state index contributed by atoms with van der Waals surface area (Å²) < 4.78 is 60.5. The molecule has 0 unspecified atom stereocenters. The van der Waals surface area contributed by atoms with Crippen molar-refractivity contribution in [3.05, 3.63) is 97.1 Å². The van der Waals surface area contributed by atoms with Gasteiger partial charge in [0.15, 0.2) is 37.4 Å². The number of rotatable bonds is 8. The summed E-state index contributed by atoms with van der Waals surface area (Å²) in [5.74, 6) is 0. The molecule has 50 heavy (non-hydrogen) atoms. The van der Waals surface area contributed by atoms with E-state index in [4.69, 9.17) is 47.4 Å². The van der Waals surface area contributed by atoms with Gasteiger partial charge in [0.25, 0.3) is 0 Å². The second kappa shape index (κ2) is 13.8. The molecule has 264 valence electrons. The van der Waals surface area contributed by atoms with Crippen LogP contribution in [0.5, 0.6) is 0 Å². The molecule has 6 aliphatic heterocycles. The minimum absolute atomic E-state index is 0.0304. The Morgan fingerprint density at radius 1 is 0.660 bits per heavy atom. The number of amides is 4. The fraction of sp³-hybridized carbons (Fsp3) is 0.457. The van der Waals surface area contributed by atoms with Crippen molar-refractivity contribution >= 4 is 18.2 Å². The Labute approximate surface area is 287 Å². The predicted octanol–water partition coefficient (Wildman–Crippen LogP) is 3.57. The second-order valence-electron chi connectivity index (χ2n) is 12.4. The average molecular weight is 693 g/mol. The molecule has 2 aromatic carbocycles. The van der Waals surface area contributed by atoms with Crippen LogP contribution in [-0.4, -0.2) is 116 Å². The molecule has 8 rings (SSSR count). The molecule has 0 aliphatic carbocycles. The third-order valence-corrected chi connectivity index (χ3v) is 9.39. The molecule has 0 bridgehead atoms. The van der Waals surface area contributed by atoms with Crippen LogP contribution in [0.25, 0.3) is 0 Å². The molecule has 6 heterocycles. The van der Waals surface area contributed by atoms with Crippen LogP contribution < -0.4 is 0 Å². The van der Waals surface area contributed by atoms with E-state index < -0.39 is 92.1 Å². The molecular weight excluding hydrogens is 656 g/mol. The number of nitrogens with zero attached hydrogens (tertiary/aromatic N) is 2. The Balaban J connectivity index is 1.08. The van der Waals surface area contributed by atoms with Gasteiger partial charge in [-0.1, -0.05) is 72.8 Å². The molecule has 0 radical (unpaired) electrons. The number of imide groups is 2. The maximum atomic E-state index is 14.6. The van der Waals surface area contributed by atoms with Gasteiger partial charge in [-0.2, -0.15) is 0 Å². The fourth-order valence-electron chi connectivity index (χ4n) is 7.21. The lowest BCUT2D eigenvalue weighted by atomic mass is 9.94. The second-order valence-corrected chi connectivity index (χ2v) is 12.4. The maximum Gasteiger partial charge on any atom is 0.419 e. The quantitative estimate of drug-likeness (QED) is 0.372. The van der Waals surface area contributed by atoms with Crippen molar-refractivity contribution in [1.29, 1.82) is 0 Å². The van der Waals surface area contributed by atoms with Gasteiger partial charge in [0.2, 0.25) is 0 Å². The number of benzene rings is 2. The highest BCUT2D eigenvalue weighted by atomic mass is 16.8. The van der Waals surface area contributed by atoms with Crippen molar-refractivity contribution in [2.45, 2.75) is 73.9 Å². The lowest BCUT2D eigenvalue weighted by Gasteiger charge is -2.47. The Kier molecular flexibility index (Phi) is 9.13. The summed E-state index contributed by atoms with van der Waals surface area (Å²) in [5, 5.41) is 0. The Bertz CT molecular complexity index is 1480. The highest BCUT2D eigenvalue weighted by molar-refractivity contribution is 6.01. The van der Waals surface area contributed by atoms with Gasteiger partial charge in [-0.3, -0.25) is 0 Å². The smallest absolute Gasteiger partial charge is 0.419 e. The average Bonchev–Trinajstić information content (AvgIpc) is 3.70. The number of urea groups is 1. The van der Waals surface area contributed by atoms with Gasteiger partial charge in [-0.25, -0.2) is 24.2 Å². The minimum atomic E-state index is -1.17. The summed E-state index contributed by atoms with van der Waals surface area (Å²) >= 11 is 0. The van der Waals surface area contributed by atoms with Crippen LogP contribution >= 0.6 is 0 Å². The molecule has 0 spiro atoms. The number of fused-ring (bicyclic) bond motifs is 6. The monoisotopic (exact) mass is 692 g/mol. The van der Waals surface area contributed by atoms with E-state index in [1.165, 1.54) is 12.2 Å². The lowest BCUT2D eigenvalue weighted by molar-refractivity contribution is -0.340. The van der Waals surface area contributed by atoms with Crippen LogP contribution in [0.4, 0.5) is 14.4 Å². The van der Waals surface area contributed by atoms with E-state index in [2.05, 4.69) is 13.2 Å². The van der Waals surface area contributed by atoms with Crippen LogP contribution in [-0.2, 0) is 47.4 Å². The highest BCUT2D eigenvalue weighted by Gasteiger charge is 2.66. The highest BCUT2D eigenvalue weighted by Crippen LogP contribution is 2.44. The van der Waals surface area contributed by atoms with Crippen LogP contribution in [0.2, 0.25) is 0 Å². The van der Waals surface area contributed by atoms with Gasteiger partial charge in [0.05, 0.1) is 26.4 Å². The van der Waals surface area contributed by atoms with E-state index >= 15 is 0 Å². The predicted molar refractivity (Wildman–Crippen MR) is 167 cm³/mol. The summed E-state index contributed by atoms with van der Waals surface area (Å²) in [7, 11) is 0. The maximum absolute atomic E-state index is 14.6. The van der Waals surface area contributed by atoms with Crippen molar-refractivity contribution in [2.24, 2.45) is 0 Å². The van der Waals surface area contributed by atoms with Crippen molar-refractivity contribution in [3.63, 3.8) is 0 Å². The topological polar surface area (TPSA) is 150 Å². The number of hydrogen-bond acceptors (Lipinski definition) is 13. The zero-order valence-electron chi connectivity index (χ0n) is 26.8. The molecule has 4 amide bonds. The summed E-state index contributed by atoms with van der Waals surface area (Å²) in [6, 6.07) is 15.2. The SMILES string of the molecule is C=CCO[C@H]1O[C@@H]2CO[C@@H](c3ccccc3)O[C@H]2[C@@H]2OC(=O)N(C(=O)N3C(=O)O[C@H]4[C@@H]5O[C@H](c6ccccc6)OC[C@H]5O[C@H](OCC=C)[C@@H]43)[C@@H]12. The number of ether oxygens (including phenoxy) is 10. The summed E-state index contributed by atoms with van der Waals surface area (Å²) in [5.41, 5.74) is 1.50. The third kappa shape index (κ3) is 5.78. The number of carbonyl (C=O) groups is 3. The lowest BCUT2D eigenvalue weighted by Crippen LogP contribution is -2.67. The first kappa shape index (κ1) is 33.0. The van der Waals surface area contributed by atoms with E-state index in [0.717, 1.165) is 20.9 Å².